The molecule has 0 fully saturated rings. The highest BCUT2D eigenvalue weighted by molar-refractivity contribution is 5.71. The monoisotopic (exact) mass is 204 g/mol. The Bertz CT molecular complexity index is 483. The van der Waals surface area contributed by atoms with Gasteiger partial charge in [-0.05, 0) is 6.92 Å². The zero-order valence-corrected chi connectivity index (χ0v) is 8.71. The Morgan fingerprint density at radius 2 is 2.33 bits per heavy atom. The molecule has 0 aliphatic carbocycles. The predicted molar refractivity (Wildman–Crippen MR) is 54.7 cm³/mol. The van der Waals surface area contributed by atoms with Crippen molar-refractivity contribution in [2.24, 2.45) is 7.05 Å². The number of carbonyl (C=O) groups excluding carboxylic acids is 1. The van der Waals surface area contributed by atoms with Gasteiger partial charge >= 0.3 is 0 Å². The van der Waals surface area contributed by atoms with Crippen molar-refractivity contribution >= 4 is 6.29 Å². The second-order valence-corrected chi connectivity index (χ2v) is 3.48. The standard InChI is InChI=1S/C10H12N4O/c1-8-9(4-13(2)12-8)5-14-7-11-3-10(14)6-15/h3-4,6-7H,5H2,1-2H3. The van der Waals surface area contributed by atoms with Gasteiger partial charge in [-0.3, -0.25) is 9.48 Å². The Morgan fingerprint density at radius 3 is 2.93 bits per heavy atom. The lowest BCUT2D eigenvalue weighted by atomic mass is 10.2. The number of hydrogen-bond donors (Lipinski definition) is 0. The van der Waals surface area contributed by atoms with E-state index in [4.69, 9.17) is 0 Å². The van der Waals surface area contributed by atoms with E-state index in [2.05, 4.69) is 10.1 Å². The smallest absolute Gasteiger partial charge is 0.168 e. The highest BCUT2D eigenvalue weighted by Gasteiger charge is 2.06. The molecule has 0 amide bonds. The summed E-state index contributed by atoms with van der Waals surface area (Å²) in [5.41, 5.74) is 2.65. The number of rotatable bonds is 3. The number of carbonyl (C=O) groups is 1. The largest absolute Gasteiger partial charge is 0.324 e. The lowest BCUT2D eigenvalue weighted by molar-refractivity contribution is 0.111. The molecular formula is C10H12N4O. The SMILES string of the molecule is Cc1nn(C)cc1Cn1cncc1C=O. The molecule has 0 aliphatic rings. The molecule has 0 saturated carbocycles. The maximum absolute atomic E-state index is 10.7. The quantitative estimate of drug-likeness (QED) is 0.694. The average molecular weight is 204 g/mol. The molecule has 0 bridgehead atoms. The summed E-state index contributed by atoms with van der Waals surface area (Å²) in [5, 5.41) is 4.24. The first-order valence-electron chi connectivity index (χ1n) is 4.65. The number of hydrogen-bond acceptors (Lipinski definition) is 3. The third-order valence-corrected chi connectivity index (χ3v) is 2.32. The minimum absolute atomic E-state index is 0.582. The third-order valence-electron chi connectivity index (χ3n) is 2.32. The van der Waals surface area contributed by atoms with Gasteiger partial charge in [0.1, 0.15) is 5.69 Å². The predicted octanol–water partition coefficient (Wildman–Crippen LogP) is 0.786. The van der Waals surface area contributed by atoms with Crippen LogP contribution in [0.15, 0.2) is 18.7 Å². The molecule has 15 heavy (non-hydrogen) atoms. The molecular weight excluding hydrogens is 192 g/mol. The van der Waals surface area contributed by atoms with Crippen molar-refractivity contribution in [2.75, 3.05) is 0 Å². The molecule has 0 unspecified atom stereocenters. The molecule has 0 aliphatic heterocycles. The van der Waals surface area contributed by atoms with E-state index in [0.717, 1.165) is 17.5 Å². The molecule has 2 aromatic heterocycles. The first kappa shape index (κ1) is 9.64. The zero-order valence-electron chi connectivity index (χ0n) is 8.71. The van der Waals surface area contributed by atoms with Crippen LogP contribution in [-0.4, -0.2) is 25.6 Å². The van der Waals surface area contributed by atoms with Crippen LogP contribution in [0.3, 0.4) is 0 Å². The molecule has 2 aromatic rings. The molecule has 2 heterocycles. The lowest BCUT2D eigenvalue weighted by Gasteiger charge is -2.01. The Labute approximate surface area is 87.4 Å². The molecule has 5 heteroatoms. The molecule has 0 spiro atoms. The van der Waals surface area contributed by atoms with Crippen molar-refractivity contribution in [3.8, 4) is 0 Å². The summed E-state index contributed by atoms with van der Waals surface area (Å²) in [7, 11) is 1.88. The number of aromatic nitrogens is 4. The van der Waals surface area contributed by atoms with Gasteiger partial charge in [0, 0.05) is 18.8 Å². The van der Waals surface area contributed by atoms with Gasteiger partial charge in [-0.2, -0.15) is 5.10 Å². The maximum atomic E-state index is 10.7. The number of nitrogens with zero attached hydrogens (tertiary/aromatic N) is 4. The highest BCUT2D eigenvalue weighted by Crippen LogP contribution is 2.08. The van der Waals surface area contributed by atoms with E-state index in [1.165, 1.54) is 0 Å². The van der Waals surface area contributed by atoms with Crippen LogP contribution in [-0.2, 0) is 13.6 Å². The van der Waals surface area contributed by atoms with Crippen LogP contribution >= 0.6 is 0 Å². The van der Waals surface area contributed by atoms with Crippen molar-refractivity contribution in [3.63, 3.8) is 0 Å². The summed E-state index contributed by atoms with van der Waals surface area (Å²) in [4.78, 5) is 14.6. The fourth-order valence-electron chi connectivity index (χ4n) is 1.55. The lowest BCUT2D eigenvalue weighted by Crippen LogP contribution is -2.02. The number of imidazole rings is 1. The van der Waals surface area contributed by atoms with Gasteiger partial charge in [-0.25, -0.2) is 4.98 Å². The van der Waals surface area contributed by atoms with Gasteiger partial charge in [0.2, 0.25) is 0 Å². The molecule has 0 atom stereocenters. The normalized spacial score (nSPS) is 10.5. The summed E-state index contributed by atoms with van der Waals surface area (Å²) in [6, 6.07) is 0. The maximum Gasteiger partial charge on any atom is 0.168 e. The minimum atomic E-state index is 0.582. The average Bonchev–Trinajstić information content (AvgIpc) is 2.74. The molecule has 0 radical (unpaired) electrons. The molecule has 0 aromatic carbocycles. The highest BCUT2D eigenvalue weighted by atomic mass is 16.1. The van der Waals surface area contributed by atoms with Gasteiger partial charge in [0.25, 0.3) is 0 Å². The Balaban J connectivity index is 2.29. The van der Waals surface area contributed by atoms with E-state index in [1.54, 1.807) is 21.8 Å². The van der Waals surface area contributed by atoms with E-state index >= 15 is 0 Å². The van der Waals surface area contributed by atoms with E-state index in [9.17, 15) is 4.79 Å². The van der Waals surface area contributed by atoms with Crippen LogP contribution in [0.1, 0.15) is 21.7 Å². The second kappa shape index (κ2) is 3.68. The van der Waals surface area contributed by atoms with Crippen molar-refractivity contribution in [2.45, 2.75) is 13.5 Å². The molecule has 0 N–H and O–H groups in total. The van der Waals surface area contributed by atoms with Crippen LogP contribution in [0.25, 0.3) is 0 Å². The molecule has 78 valence electrons. The van der Waals surface area contributed by atoms with E-state index < -0.39 is 0 Å². The summed E-state index contributed by atoms with van der Waals surface area (Å²) in [6.45, 7) is 2.58. The van der Waals surface area contributed by atoms with E-state index in [-0.39, 0.29) is 0 Å². The summed E-state index contributed by atoms with van der Waals surface area (Å²) < 4.78 is 3.57. The summed E-state index contributed by atoms with van der Waals surface area (Å²) in [6.07, 6.45) is 5.96. The fraction of sp³-hybridized carbons (Fsp3) is 0.300. The van der Waals surface area contributed by atoms with Crippen LogP contribution in [0, 0.1) is 6.92 Å². The van der Waals surface area contributed by atoms with Crippen LogP contribution in [0.4, 0.5) is 0 Å². The zero-order chi connectivity index (χ0) is 10.8. The van der Waals surface area contributed by atoms with E-state index in [1.807, 2.05) is 20.2 Å². The van der Waals surface area contributed by atoms with E-state index in [0.29, 0.717) is 12.2 Å². The van der Waals surface area contributed by atoms with Gasteiger partial charge in [0.05, 0.1) is 24.8 Å². The first-order chi connectivity index (χ1) is 7.20. The van der Waals surface area contributed by atoms with Gasteiger partial charge in [0.15, 0.2) is 6.29 Å². The van der Waals surface area contributed by atoms with Crippen molar-refractivity contribution in [1.29, 1.82) is 0 Å². The Kier molecular flexibility index (Phi) is 2.37. The topological polar surface area (TPSA) is 52.7 Å². The van der Waals surface area contributed by atoms with Gasteiger partial charge in [-0.15, -0.1) is 0 Å². The molecule has 0 saturated heterocycles. The van der Waals surface area contributed by atoms with Gasteiger partial charge < -0.3 is 4.57 Å². The molecule has 2 rings (SSSR count). The van der Waals surface area contributed by atoms with Gasteiger partial charge in [-0.1, -0.05) is 0 Å². The number of aryl methyl sites for hydroxylation is 2. The third kappa shape index (κ3) is 1.81. The van der Waals surface area contributed by atoms with Crippen molar-refractivity contribution in [3.05, 3.63) is 35.7 Å². The Hall–Kier alpha value is -1.91. The molecule has 5 nitrogen and oxygen atoms in total. The minimum Gasteiger partial charge on any atom is -0.324 e. The number of aldehydes is 1. The van der Waals surface area contributed by atoms with Crippen LogP contribution in [0.5, 0.6) is 0 Å². The summed E-state index contributed by atoms with van der Waals surface area (Å²) >= 11 is 0. The summed E-state index contributed by atoms with van der Waals surface area (Å²) in [5.74, 6) is 0. The van der Waals surface area contributed by atoms with Crippen LogP contribution in [0.2, 0.25) is 0 Å². The first-order valence-corrected chi connectivity index (χ1v) is 4.65. The Morgan fingerprint density at radius 1 is 1.53 bits per heavy atom. The van der Waals surface area contributed by atoms with Crippen molar-refractivity contribution < 1.29 is 4.79 Å². The fourth-order valence-corrected chi connectivity index (χ4v) is 1.55. The second-order valence-electron chi connectivity index (χ2n) is 3.48. The van der Waals surface area contributed by atoms with Crippen molar-refractivity contribution in [1.82, 2.24) is 19.3 Å². The van der Waals surface area contributed by atoms with Crippen LogP contribution < -0.4 is 0 Å².